The van der Waals surface area contributed by atoms with Gasteiger partial charge in [0.25, 0.3) is 0 Å². The van der Waals surface area contributed by atoms with Crippen LogP contribution in [-0.4, -0.2) is 24.1 Å². The van der Waals surface area contributed by atoms with E-state index in [1.54, 1.807) is 11.4 Å². The zero-order valence-corrected chi connectivity index (χ0v) is 16.4. The number of benzene rings is 2. The number of ether oxygens (including phenoxy) is 2. The number of alkyl halides is 4. The van der Waals surface area contributed by atoms with Gasteiger partial charge >= 0.3 is 13.2 Å². The summed E-state index contributed by atoms with van der Waals surface area (Å²) in [5, 5.41) is 4.78. The number of amides is 1. The van der Waals surface area contributed by atoms with E-state index >= 15 is 0 Å². The normalized spacial score (nSPS) is 11.0. The van der Waals surface area contributed by atoms with Crippen LogP contribution < -0.4 is 14.8 Å². The molecule has 0 aliphatic carbocycles. The number of nitrogens with zero attached hydrogens (tertiary/aromatic N) is 1. The lowest BCUT2D eigenvalue weighted by atomic mass is 10.1. The molecule has 3 aromatic rings. The molecule has 30 heavy (non-hydrogen) atoms. The van der Waals surface area contributed by atoms with Gasteiger partial charge in [-0.1, -0.05) is 12.1 Å². The summed E-state index contributed by atoms with van der Waals surface area (Å²) in [5.41, 5.74) is 2.09. The number of carbonyl (C=O) groups excluding carboxylic acids is 1. The first kappa shape index (κ1) is 21.6. The molecule has 0 spiro atoms. The van der Waals surface area contributed by atoms with Crippen LogP contribution in [0.4, 0.5) is 23.2 Å². The molecule has 0 aliphatic heterocycles. The van der Waals surface area contributed by atoms with E-state index in [-0.39, 0.29) is 35.1 Å². The fourth-order valence-corrected chi connectivity index (χ4v) is 3.46. The van der Waals surface area contributed by atoms with E-state index in [9.17, 15) is 22.4 Å². The quantitative estimate of drug-likeness (QED) is 0.470. The van der Waals surface area contributed by atoms with Crippen LogP contribution in [0.15, 0.2) is 47.8 Å². The summed E-state index contributed by atoms with van der Waals surface area (Å²) < 4.78 is 58.9. The standard InChI is InChI=1S/C20H16F4N2O3S/c1-11-3-2-4-12(7-11)25-17(27)9-18-26-15(10-30-18)14-6-5-13(28-19(21)22)8-16(14)29-20(23)24/h2-8,10,19-20H,9H2,1H3,(H,25,27). The van der Waals surface area contributed by atoms with E-state index in [4.69, 9.17) is 0 Å². The molecule has 0 atom stereocenters. The molecule has 0 bridgehead atoms. The third-order valence-corrected chi connectivity index (χ3v) is 4.68. The predicted octanol–water partition coefficient (Wildman–Crippen LogP) is 5.50. The Morgan fingerprint density at radius 3 is 2.57 bits per heavy atom. The highest BCUT2D eigenvalue weighted by Gasteiger charge is 2.17. The first-order valence-corrected chi connectivity index (χ1v) is 9.53. The predicted molar refractivity (Wildman–Crippen MR) is 104 cm³/mol. The molecule has 0 saturated carbocycles. The molecular weight excluding hydrogens is 424 g/mol. The van der Waals surface area contributed by atoms with Gasteiger partial charge in [-0.25, -0.2) is 4.98 Å². The third-order valence-electron chi connectivity index (χ3n) is 3.84. The highest BCUT2D eigenvalue weighted by Crippen LogP contribution is 2.35. The molecular formula is C20H16F4N2O3S. The number of carbonyl (C=O) groups is 1. The van der Waals surface area contributed by atoms with Crippen LogP contribution in [0.25, 0.3) is 11.3 Å². The van der Waals surface area contributed by atoms with Crippen molar-refractivity contribution in [1.29, 1.82) is 0 Å². The molecule has 1 heterocycles. The zero-order chi connectivity index (χ0) is 21.7. The lowest BCUT2D eigenvalue weighted by Gasteiger charge is -2.12. The Morgan fingerprint density at radius 1 is 1.10 bits per heavy atom. The van der Waals surface area contributed by atoms with Gasteiger partial charge in [0.1, 0.15) is 16.5 Å². The fraction of sp³-hybridized carbons (Fsp3) is 0.200. The average molecular weight is 440 g/mol. The zero-order valence-electron chi connectivity index (χ0n) is 15.6. The van der Waals surface area contributed by atoms with Crippen molar-refractivity contribution >= 4 is 22.9 Å². The van der Waals surface area contributed by atoms with Gasteiger partial charge in [-0.3, -0.25) is 4.79 Å². The van der Waals surface area contributed by atoms with Gasteiger partial charge in [0.15, 0.2) is 0 Å². The van der Waals surface area contributed by atoms with Crippen molar-refractivity contribution in [2.45, 2.75) is 26.6 Å². The molecule has 2 aromatic carbocycles. The lowest BCUT2D eigenvalue weighted by molar-refractivity contribution is -0.115. The van der Waals surface area contributed by atoms with Crippen molar-refractivity contribution in [2.75, 3.05) is 5.32 Å². The number of halogens is 4. The topological polar surface area (TPSA) is 60.5 Å². The van der Waals surface area contributed by atoms with Crippen molar-refractivity contribution in [1.82, 2.24) is 4.98 Å². The van der Waals surface area contributed by atoms with E-state index in [0.717, 1.165) is 23.0 Å². The number of aryl methyl sites for hydroxylation is 1. The molecule has 0 unspecified atom stereocenters. The molecule has 1 amide bonds. The van der Waals surface area contributed by atoms with Crippen LogP contribution in [0.3, 0.4) is 0 Å². The van der Waals surface area contributed by atoms with Crippen molar-refractivity contribution in [3.63, 3.8) is 0 Å². The highest BCUT2D eigenvalue weighted by atomic mass is 32.1. The van der Waals surface area contributed by atoms with Crippen molar-refractivity contribution < 1.29 is 31.8 Å². The minimum Gasteiger partial charge on any atom is -0.435 e. The van der Waals surface area contributed by atoms with Crippen molar-refractivity contribution in [3.8, 4) is 22.8 Å². The summed E-state index contributed by atoms with van der Waals surface area (Å²) >= 11 is 1.16. The number of anilines is 1. The number of nitrogens with one attached hydrogen (secondary N) is 1. The van der Waals surface area contributed by atoms with E-state index in [0.29, 0.717) is 10.7 Å². The Kier molecular flexibility index (Phi) is 6.88. The summed E-state index contributed by atoms with van der Waals surface area (Å²) in [4.78, 5) is 16.5. The van der Waals surface area contributed by atoms with Gasteiger partial charge in [0.05, 0.1) is 12.1 Å². The second-order valence-electron chi connectivity index (χ2n) is 6.14. The number of hydrogen-bond acceptors (Lipinski definition) is 5. The van der Waals surface area contributed by atoms with Gasteiger partial charge < -0.3 is 14.8 Å². The lowest BCUT2D eigenvalue weighted by Crippen LogP contribution is -2.14. The maximum Gasteiger partial charge on any atom is 0.387 e. The van der Waals surface area contributed by atoms with Gasteiger partial charge in [0, 0.05) is 22.7 Å². The first-order valence-electron chi connectivity index (χ1n) is 8.65. The van der Waals surface area contributed by atoms with Crippen LogP contribution in [0.1, 0.15) is 10.6 Å². The average Bonchev–Trinajstić information content (AvgIpc) is 3.09. The van der Waals surface area contributed by atoms with Crippen LogP contribution in [0.5, 0.6) is 11.5 Å². The summed E-state index contributed by atoms with van der Waals surface area (Å²) in [6.45, 7) is -4.36. The molecule has 158 valence electrons. The Hall–Kier alpha value is -3.14. The maximum atomic E-state index is 12.7. The molecule has 5 nitrogen and oxygen atoms in total. The Labute approximate surface area is 173 Å². The van der Waals surface area contributed by atoms with Crippen LogP contribution in [0.2, 0.25) is 0 Å². The second kappa shape index (κ2) is 9.57. The van der Waals surface area contributed by atoms with E-state index in [1.807, 2.05) is 25.1 Å². The van der Waals surface area contributed by atoms with E-state index in [1.165, 1.54) is 12.1 Å². The first-order chi connectivity index (χ1) is 14.3. The Balaban J connectivity index is 1.76. The molecule has 10 heteroatoms. The fourth-order valence-electron chi connectivity index (χ4n) is 2.67. The smallest absolute Gasteiger partial charge is 0.387 e. The van der Waals surface area contributed by atoms with Gasteiger partial charge in [-0.15, -0.1) is 11.3 Å². The van der Waals surface area contributed by atoms with Crippen molar-refractivity contribution in [3.05, 3.63) is 58.4 Å². The minimum atomic E-state index is -3.16. The van der Waals surface area contributed by atoms with E-state index < -0.39 is 13.2 Å². The SMILES string of the molecule is Cc1cccc(NC(=O)Cc2nc(-c3ccc(OC(F)F)cc3OC(F)F)cs2)c1. The molecule has 1 aromatic heterocycles. The summed E-state index contributed by atoms with van der Waals surface area (Å²) in [5.74, 6) is -0.965. The molecule has 0 saturated heterocycles. The summed E-state index contributed by atoms with van der Waals surface area (Å²) in [6, 6.07) is 10.7. The summed E-state index contributed by atoms with van der Waals surface area (Å²) in [7, 11) is 0. The summed E-state index contributed by atoms with van der Waals surface area (Å²) in [6.07, 6.45) is -0.0176. The van der Waals surface area contributed by atoms with Crippen LogP contribution in [0, 0.1) is 6.92 Å². The van der Waals surface area contributed by atoms with Crippen LogP contribution in [-0.2, 0) is 11.2 Å². The highest BCUT2D eigenvalue weighted by molar-refractivity contribution is 7.10. The molecule has 3 rings (SSSR count). The minimum absolute atomic E-state index is 0.0176. The third kappa shape index (κ3) is 5.93. The van der Waals surface area contributed by atoms with E-state index in [2.05, 4.69) is 19.8 Å². The van der Waals surface area contributed by atoms with Crippen LogP contribution >= 0.6 is 11.3 Å². The second-order valence-corrected chi connectivity index (χ2v) is 7.08. The number of hydrogen-bond donors (Lipinski definition) is 1. The number of rotatable bonds is 8. The van der Waals surface area contributed by atoms with Gasteiger partial charge in [-0.2, -0.15) is 17.6 Å². The number of aromatic nitrogens is 1. The molecule has 0 fully saturated rings. The maximum absolute atomic E-state index is 12.7. The largest absolute Gasteiger partial charge is 0.435 e. The molecule has 0 radical (unpaired) electrons. The number of thiazole rings is 1. The Bertz CT molecular complexity index is 1030. The molecule has 1 N–H and O–H groups in total. The molecule has 0 aliphatic rings. The van der Waals surface area contributed by atoms with Gasteiger partial charge in [0.2, 0.25) is 5.91 Å². The van der Waals surface area contributed by atoms with Crippen molar-refractivity contribution in [2.24, 2.45) is 0 Å². The Morgan fingerprint density at radius 2 is 1.87 bits per heavy atom. The monoisotopic (exact) mass is 440 g/mol. The van der Waals surface area contributed by atoms with Gasteiger partial charge in [-0.05, 0) is 36.8 Å².